The van der Waals surface area contributed by atoms with Gasteiger partial charge in [-0.15, -0.1) is 0 Å². The van der Waals surface area contributed by atoms with E-state index in [0.717, 1.165) is 6.61 Å². The molecule has 0 bridgehead atoms. The highest BCUT2D eigenvalue weighted by Crippen LogP contribution is 2.29. The summed E-state index contributed by atoms with van der Waals surface area (Å²) in [5.74, 6) is 0. The Morgan fingerprint density at radius 1 is 1.33 bits per heavy atom. The largest absolute Gasteiger partial charge is 0.368 e. The first-order valence-corrected chi connectivity index (χ1v) is 4.60. The highest BCUT2D eigenvalue weighted by atomic mass is 16.6. The van der Waals surface area contributed by atoms with Crippen LogP contribution in [-0.2, 0) is 11.2 Å². The van der Waals surface area contributed by atoms with Gasteiger partial charge in [0, 0.05) is 0 Å². The summed E-state index contributed by atoms with van der Waals surface area (Å²) in [5.41, 5.74) is 2.76. The summed E-state index contributed by atoms with van der Waals surface area (Å²) in [6, 6.07) is 8.78. The fraction of sp³-hybridized carbons (Fsp3) is 0.455. The number of rotatable bonds is 3. The van der Waals surface area contributed by atoms with E-state index in [9.17, 15) is 0 Å². The Kier molecular flexibility index (Phi) is 2.13. The van der Waals surface area contributed by atoms with Crippen LogP contribution < -0.4 is 0 Å². The van der Waals surface area contributed by atoms with Crippen LogP contribution >= 0.6 is 0 Å². The minimum absolute atomic E-state index is 0.403. The van der Waals surface area contributed by atoms with Gasteiger partial charge in [-0.05, 0) is 17.5 Å². The number of ether oxygens (including phenoxy) is 1. The van der Waals surface area contributed by atoms with E-state index in [4.69, 9.17) is 4.74 Å². The third-order valence-electron chi connectivity index (χ3n) is 2.22. The minimum atomic E-state index is 0.403. The summed E-state index contributed by atoms with van der Waals surface area (Å²) in [6.45, 7) is 3.12. The third-order valence-corrected chi connectivity index (χ3v) is 2.22. The lowest BCUT2D eigenvalue weighted by atomic mass is 10.1. The fourth-order valence-electron chi connectivity index (χ4n) is 1.43. The van der Waals surface area contributed by atoms with Gasteiger partial charge in [0.05, 0.1) is 6.61 Å². The predicted molar refractivity (Wildman–Crippen MR) is 49.1 cm³/mol. The van der Waals surface area contributed by atoms with Crippen molar-refractivity contribution < 1.29 is 4.74 Å². The Labute approximate surface area is 73.4 Å². The lowest BCUT2D eigenvalue weighted by Gasteiger charge is -1.99. The number of aryl methyl sites for hydroxylation is 1. The van der Waals surface area contributed by atoms with Crippen molar-refractivity contribution in [3.8, 4) is 0 Å². The maximum Gasteiger partial charge on any atom is 0.106 e. The highest BCUT2D eigenvalue weighted by Gasteiger charge is 2.23. The average Bonchev–Trinajstić information content (AvgIpc) is 2.89. The Hall–Kier alpha value is -0.820. The molecule has 0 N–H and O–H groups in total. The maximum absolute atomic E-state index is 5.19. The number of benzene rings is 1. The van der Waals surface area contributed by atoms with Gasteiger partial charge in [-0.25, -0.2) is 0 Å². The molecule has 1 aromatic carbocycles. The van der Waals surface area contributed by atoms with Crippen molar-refractivity contribution >= 4 is 0 Å². The Balaban J connectivity index is 2.08. The minimum Gasteiger partial charge on any atom is -0.368 e. The normalized spacial score (nSPS) is 20.9. The first-order chi connectivity index (χ1) is 5.90. The molecular formula is C11H14O. The molecule has 1 aliphatic rings. The molecule has 64 valence electrons. The van der Waals surface area contributed by atoms with Crippen molar-refractivity contribution in [2.24, 2.45) is 0 Å². The van der Waals surface area contributed by atoms with Crippen molar-refractivity contribution in [3.05, 3.63) is 35.4 Å². The van der Waals surface area contributed by atoms with E-state index in [-0.39, 0.29) is 0 Å². The predicted octanol–water partition coefficient (Wildman–Crippen LogP) is 2.71. The Bertz CT molecular complexity index is 246. The molecule has 1 heterocycles. The van der Waals surface area contributed by atoms with Crippen LogP contribution in [0.5, 0.6) is 0 Å². The molecule has 1 aliphatic heterocycles. The Morgan fingerprint density at radius 2 is 2.00 bits per heavy atom. The molecule has 1 atom stereocenters. The van der Waals surface area contributed by atoms with Gasteiger partial charge >= 0.3 is 0 Å². The summed E-state index contributed by atoms with van der Waals surface area (Å²) < 4.78 is 5.19. The number of hydrogen-bond acceptors (Lipinski definition) is 1. The lowest BCUT2D eigenvalue weighted by Crippen LogP contribution is -1.84. The van der Waals surface area contributed by atoms with Crippen molar-refractivity contribution in [2.75, 3.05) is 6.61 Å². The molecule has 0 radical (unpaired) electrons. The van der Waals surface area contributed by atoms with Crippen LogP contribution in [0.4, 0.5) is 0 Å². The summed E-state index contributed by atoms with van der Waals surface area (Å²) >= 11 is 0. The number of epoxide rings is 1. The van der Waals surface area contributed by atoms with Gasteiger partial charge < -0.3 is 4.74 Å². The van der Waals surface area contributed by atoms with Crippen molar-refractivity contribution in [1.29, 1.82) is 0 Å². The van der Waals surface area contributed by atoms with Crippen LogP contribution in [0.2, 0.25) is 0 Å². The van der Waals surface area contributed by atoms with Crippen LogP contribution in [0.25, 0.3) is 0 Å². The summed E-state index contributed by atoms with van der Waals surface area (Å²) in [4.78, 5) is 0. The lowest BCUT2D eigenvalue weighted by molar-refractivity contribution is 0.415. The topological polar surface area (TPSA) is 12.5 Å². The van der Waals surface area contributed by atoms with Crippen LogP contribution in [0.3, 0.4) is 0 Å². The van der Waals surface area contributed by atoms with Gasteiger partial charge in [0.25, 0.3) is 0 Å². The standard InChI is InChI=1S/C11H14O/c1-2-3-9-4-6-10(7-5-9)11-8-12-11/h4-7,11H,2-3,8H2,1H3/t11-/m1/s1. The second-order valence-electron chi connectivity index (χ2n) is 3.31. The van der Waals surface area contributed by atoms with Crippen molar-refractivity contribution in [3.63, 3.8) is 0 Å². The van der Waals surface area contributed by atoms with E-state index in [1.54, 1.807) is 0 Å². The highest BCUT2D eigenvalue weighted by molar-refractivity contribution is 5.25. The van der Waals surface area contributed by atoms with Crippen molar-refractivity contribution in [2.45, 2.75) is 25.9 Å². The van der Waals surface area contributed by atoms with Gasteiger partial charge in [0.15, 0.2) is 0 Å². The van der Waals surface area contributed by atoms with Gasteiger partial charge in [0.1, 0.15) is 6.10 Å². The fourth-order valence-corrected chi connectivity index (χ4v) is 1.43. The first-order valence-electron chi connectivity index (χ1n) is 4.60. The second-order valence-corrected chi connectivity index (χ2v) is 3.31. The molecule has 12 heavy (non-hydrogen) atoms. The van der Waals surface area contributed by atoms with Gasteiger partial charge in [0.2, 0.25) is 0 Å². The summed E-state index contributed by atoms with van der Waals surface area (Å²) in [7, 11) is 0. The molecule has 0 amide bonds. The number of hydrogen-bond donors (Lipinski definition) is 0. The van der Waals surface area contributed by atoms with E-state index < -0.39 is 0 Å². The van der Waals surface area contributed by atoms with E-state index >= 15 is 0 Å². The van der Waals surface area contributed by atoms with E-state index in [2.05, 4.69) is 31.2 Å². The van der Waals surface area contributed by atoms with Gasteiger partial charge in [-0.1, -0.05) is 37.6 Å². The molecular weight excluding hydrogens is 148 g/mol. The molecule has 0 spiro atoms. The quantitative estimate of drug-likeness (QED) is 0.622. The average molecular weight is 162 g/mol. The maximum atomic E-state index is 5.19. The van der Waals surface area contributed by atoms with Crippen molar-refractivity contribution in [1.82, 2.24) is 0 Å². The van der Waals surface area contributed by atoms with Crippen LogP contribution in [0.1, 0.15) is 30.6 Å². The zero-order valence-electron chi connectivity index (χ0n) is 7.42. The third kappa shape index (κ3) is 1.67. The van der Waals surface area contributed by atoms with Crippen LogP contribution in [0, 0.1) is 0 Å². The molecule has 1 heteroatoms. The molecule has 0 saturated carbocycles. The second kappa shape index (κ2) is 3.28. The van der Waals surface area contributed by atoms with Crippen LogP contribution in [0.15, 0.2) is 24.3 Å². The monoisotopic (exact) mass is 162 g/mol. The van der Waals surface area contributed by atoms with E-state index in [1.807, 2.05) is 0 Å². The molecule has 1 aromatic rings. The molecule has 0 unspecified atom stereocenters. The molecule has 1 saturated heterocycles. The zero-order chi connectivity index (χ0) is 8.39. The van der Waals surface area contributed by atoms with Gasteiger partial charge in [-0.2, -0.15) is 0 Å². The molecule has 0 aliphatic carbocycles. The zero-order valence-corrected chi connectivity index (χ0v) is 7.42. The van der Waals surface area contributed by atoms with Gasteiger partial charge in [-0.3, -0.25) is 0 Å². The van der Waals surface area contributed by atoms with Crippen LogP contribution in [-0.4, -0.2) is 6.61 Å². The van der Waals surface area contributed by atoms with E-state index in [1.165, 1.54) is 24.0 Å². The summed E-state index contributed by atoms with van der Waals surface area (Å²) in [6.07, 6.45) is 2.81. The summed E-state index contributed by atoms with van der Waals surface area (Å²) in [5, 5.41) is 0. The smallest absolute Gasteiger partial charge is 0.106 e. The SMILES string of the molecule is CCCc1ccc([C@H]2CO2)cc1. The molecule has 2 rings (SSSR count). The van der Waals surface area contributed by atoms with E-state index in [0.29, 0.717) is 6.10 Å². The molecule has 1 nitrogen and oxygen atoms in total. The molecule has 0 aromatic heterocycles. The molecule has 1 fully saturated rings. The first kappa shape index (κ1) is 7.81. The Morgan fingerprint density at radius 3 is 2.50 bits per heavy atom.